The minimum absolute atomic E-state index is 0.0648. The number of rotatable bonds is 5. The summed E-state index contributed by atoms with van der Waals surface area (Å²) in [5, 5.41) is 15.6. The van der Waals surface area contributed by atoms with Crippen molar-refractivity contribution < 1.29 is 14.6 Å². The smallest absolute Gasteiger partial charge is 0.322 e. The molecule has 1 atom stereocenters. The topological polar surface area (TPSA) is 61.8 Å². The first-order valence-electron chi connectivity index (χ1n) is 7.70. The molecule has 6 heteroatoms. The van der Waals surface area contributed by atoms with Gasteiger partial charge in [0.25, 0.3) is 0 Å². The number of nitrogens with zero attached hydrogens (tertiary/aromatic N) is 1. The number of phenols is 1. The van der Waals surface area contributed by atoms with Gasteiger partial charge in [-0.25, -0.2) is 4.79 Å². The molecule has 2 N–H and O–H groups in total. The van der Waals surface area contributed by atoms with Crippen LogP contribution in [-0.2, 0) is 11.3 Å². The van der Waals surface area contributed by atoms with Crippen molar-refractivity contribution in [1.82, 2.24) is 4.90 Å². The van der Waals surface area contributed by atoms with Crippen LogP contribution in [0.4, 0.5) is 9.80 Å². The summed E-state index contributed by atoms with van der Waals surface area (Å²) >= 11 is 1.48. The van der Waals surface area contributed by atoms with Crippen molar-refractivity contribution in [2.75, 3.05) is 18.5 Å². The summed E-state index contributed by atoms with van der Waals surface area (Å²) in [5.74, 6) is 0.203. The molecule has 1 aromatic heterocycles. The molecule has 1 fully saturated rings. The molecular weight excluding hydrogens is 312 g/mol. The molecule has 1 aromatic carbocycles. The van der Waals surface area contributed by atoms with Crippen LogP contribution in [0.25, 0.3) is 0 Å². The van der Waals surface area contributed by atoms with Crippen molar-refractivity contribution in [1.29, 1.82) is 0 Å². The van der Waals surface area contributed by atoms with E-state index >= 15 is 0 Å². The Bertz CT molecular complexity index is 639. The maximum atomic E-state index is 12.6. The normalized spacial score (nSPS) is 17.1. The summed E-state index contributed by atoms with van der Waals surface area (Å²) in [4.78, 5) is 14.3. The highest BCUT2D eigenvalue weighted by atomic mass is 32.1. The molecule has 0 spiro atoms. The number of ether oxygens (including phenoxy) is 1. The van der Waals surface area contributed by atoms with Gasteiger partial charge in [-0.15, -0.1) is 11.3 Å². The Morgan fingerprint density at radius 2 is 2.22 bits per heavy atom. The molecule has 1 saturated heterocycles. The zero-order chi connectivity index (χ0) is 16.1. The number of benzene rings is 1. The second kappa shape index (κ2) is 7.48. The molecule has 3 rings (SSSR count). The summed E-state index contributed by atoms with van der Waals surface area (Å²) in [5.41, 5.74) is 0.729. The number of para-hydroxylation sites is 1. The third-order valence-electron chi connectivity index (χ3n) is 3.84. The van der Waals surface area contributed by atoms with E-state index in [0.29, 0.717) is 13.1 Å². The van der Waals surface area contributed by atoms with Crippen molar-refractivity contribution in [2.24, 2.45) is 0 Å². The second-order valence-electron chi connectivity index (χ2n) is 5.55. The predicted molar refractivity (Wildman–Crippen MR) is 90.8 cm³/mol. The van der Waals surface area contributed by atoms with Crippen LogP contribution in [0, 0.1) is 0 Å². The molecule has 122 valence electrons. The molecule has 0 radical (unpaired) electrons. The van der Waals surface area contributed by atoms with Gasteiger partial charge in [0.1, 0.15) is 5.75 Å². The van der Waals surface area contributed by atoms with Crippen LogP contribution in [0.15, 0.2) is 41.8 Å². The number of amides is 2. The second-order valence-corrected chi connectivity index (χ2v) is 6.50. The molecule has 23 heavy (non-hydrogen) atoms. The monoisotopic (exact) mass is 332 g/mol. The minimum atomic E-state index is -0.175. The van der Waals surface area contributed by atoms with Crippen LogP contribution in [-0.4, -0.2) is 35.3 Å². The van der Waals surface area contributed by atoms with Crippen molar-refractivity contribution >= 4 is 22.4 Å². The van der Waals surface area contributed by atoms with Gasteiger partial charge in [-0.3, -0.25) is 5.32 Å². The number of hydrogen-bond donors (Lipinski definition) is 2. The predicted octanol–water partition coefficient (Wildman–Crippen LogP) is 3.67. The van der Waals surface area contributed by atoms with Crippen molar-refractivity contribution in [3.05, 3.63) is 47.3 Å². The fourth-order valence-corrected chi connectivity index (χ4v) is 3.24. The van der Waals surface area contributed by atoms with Gasteiger partial charge in [-0.1, -0.05) is 18.2 Å². The fraction of sp³-hybridized carbons (Fsp3) is 0.353. The van der Waals surface area contributed by atoms with Crippen molar-refractivity contribution in [3.8, 4) is 5.75 Å². The first-order valence-corrected chi connectivity index (χ1v) is 8.58. The summed E-state index contributed by atoms with van der Waals surface area (Å²) in [6, 6.07) is 10.7. The van der Waals surface area contributed by atoms with Crippen LogP contribution in [0.3, 0.4) is 0 Å². The van der Waals surface area contributed by atoms with E-state index in [0.717, 1.165) is 30.0 Å². The molecule has 0 saturated carbocycles. The third kappa shape index (κ3) is 4.24. The molecule has 0 bridgehead atoms. The maximum Gasteiger partial charge on any atom is 0.322 e. The highest BCUT2D eigenvalue weighted by Crippen LogP contribution is 2.22. The minimum Gasteiger partial charge on any atom is -0.508 e. The van der Waals surface area contributed by atoms with Crippen LogP contribution >= 0.6 is 11.3 Å². The van der Waals surface area contributed by atoms with Gasteiger partial charge >= 0.3 is 6.03 Å². The molecular formula is C17H20N2O3S. The number of anilines is 1. The van der Waals surface area contributed by atoms with E-state index in [9.17, 15) is 9.90 Å². The highest BCUT2D eigenvalue weighted by molar-refractivity contribution is 7.14. The van der Waals surface area contributed by atoms with E-state index < -0.39 is 0 Å². The number of thiophene rings is 1. The lowest BCUT2D eigenvalue weighted by Crippen LogP contribution is -2.39. The van der Waals surface area contributed by atoms with Crippen LogP contribution in [0.2, 0.25) is 0 Å². The van der Waals surface area contributed by atoms with Gasteiger partial charge in [-0.05, 0) is 36.4 Å². The molecule has 0 aliphatic carbocycles. The Kier molecular flexibility index (Phi) is 5.15. The van der Waals surface area contributed by atoms with Crippen LogP contribution < -0.4 is 5.32 Å². The lowest BCUT2D eigenvalue weighted by molar-refractivity contribution is 0.0817. The Balaban J connectivity index is 1.72. The molecule has 2 aromatic rings. The number of urea groups is 1. The zero-order valence-corrected chi connectivity index (χ0v) is 13.6. The average Bonchev–Trinajstić information content (AvgIpc) is 3.22. The molecule has 2 amide bonds. The number of carbonyl (C=O) groups is 1. The van der Waals surface area contributed by atoms with Gasteiger partial charge in [0.2, 0.25) is 0 Å². The molecule has 2 heterocycles. The summed E-state index contributed by atoms with van der Waals surface area (Å²) < 4.78 is 5.66. The van der Waals surface area contributed by atoms with Crippen molar-refractivity contribution in [3.63, 3.8) is 0 Å². The fourth-order valence-electron chi connectivity index (χ4n) is 2.64. The number of aromatic hydroxyl groups is 1. The SMILES string of the molecule is O=C(Nc1cccs1)N(Cc1ccccc1O)C[C@H]1CCCO1. The van der Waals surface area contributed by atoms with Gasteiger partial charge in [0.15, 0.2) is 0 Å². The van der Waals surface area contributed by atoms with E-state index in [4.69, 9.17) is 4.74 Å². The van der Waals surface area contributed by atoms with Gasteiger partial charge in [0, 0.05) is 18.7 Å². The Labute approximate surface area is 139 Å². The van der Waals surface area contributed by atoms with E-state index in [1.807, 2.05) is 29.6 Å². The number of phenolic OH excluding ortho intramolecular Hbond substituents is 1. The Hall–Kier alpha value is -2.05. The van der Waals surface area contributed by atoms with Gasteiger partial charge < -0.3 is 14.7 Å². The first-order chi connectivity index (χ1) is 11.2. The lowest BCUT2D eigenvalue weighted by atomic mass is 10.1. The summed E-state index contributed by atoms with van der Waals surface area (Å²) in [6.45, 7) is 1.62. The van der Waals surface area contributed by atoms with E-state index in [1.54, 1.807) is 17.0 Å². The van der Waals surface area contributed by atoms with Crippen LogP contribution in [0.1, 0.15) is 18.4 Å². The van der Waals surface area contributed by atoms with E-state index in [2.05, 4.69) is 5.32 Å². The van der Waals surface area contributed by atoms with Crippen LogP contribution in [0.5, 0.6) is 5.75 Å². The van der Waals surface area contributed by atoms with E-state index in [1.165, 1.54) is 11.3 Å². The summed E-state index contributed by atoms with van der Waals surface area (Å²) in [6.07, 6.45) is 2.06. The summed E-state index contributed by atoms with van der Waals surface area (Å²) in [7, 11) is 0. The first kappa shape index (κ1) is 15.8. The average molecular weight is 332 g/mol. The molecule has 5 nitrogen and oxygen atoms in total. The van der Waals surface area contributed by atoms with Gasteiger partial charge in [0.05, 0.1) is 17.6 Å². The van der Waals surface area contributed by atoms with Crippen molar-refractivity contribution in [2.45, 2.75) is 25.5 Å². The lowest BCUT2D eigenvalue weighted by Gasteiger charge is -2.26. The van der Waals surface area contributed by atoms with Gasteiger partial charge in [-0.2, -0.15) is 0 Å². The molecule has 0 unspecified atom stereocenters. The maximum absolute atomic E-state index is 12.6. The largest absolute Gasteiger partial charge is 0.508 e. The van der Waals surface area contributed by atoms with E-state index in [-0.39, 0.29) is 17.9 Å². The quantitative estimate of drug-likeness (QED) is 0.878. The zero-order valence-electron chi connectivity index (χ0n) is 12.8. The standard InChI is InChI=1S/C17H20N2O3S/c20-15-7-2-1-5-13(15)11-19(12-14-6-3-9-22-14)17(21)18-16-8-4-10-23-16/h1-2,4-5,7-8,10,14,20H,3,6,9,11-12H2,(H,18,21)/t14-/m1/s1. The molecule has 1 aliphatic rings. The Morgan fingerprint density at radius 3 is 2.91 bits per heavy atom. The number of carbonyl (C=O) groups excluding carboxylic acids is 1. The number of nitrogens with one attached hydrogen (secondary N) is 1. The molecule has 1 aliphatic heterocycles. The number of hydrogen-bond acceptors (Lipinski definition) is 4. The highest BCUT2D eigenvalue weighted by Gasteiger charge is 2.23. The third-order valence-corrected chi connectivity index (χ3v) is 4.62. The Morgan fingerprint density at radius 1 is 1.35 bits per heavy atom.